The first-order valence-electron chi connectivity index (χ1n) is 4.13. The van der Waals surface area contributed by atoms with Gasteiger partial charge in [0, 0.05) is 18.2 Å². The zero-order valence-corrected chi connectivity index (χ0v) is 6.99. The minimum absolute atomic E-state index is 0.0712. The van der Waals surface area contributed by atoms with Gasteiger partial charge in [0.2, 0.25) is 0 Å². The van der Waals surface area contributed by atoms with Gasteiger partial charge in [-0.2, -0.15) is 5.10 Å². The lowest BCUT2D eigenvalue weighted by molar-refractivity contribution is 0.0690. The topological polar surface area (TPSA) is 75.2 Å². The third-order valence-electron chi connectivity index (χ3n) is 2.19. The minimum Gasteiger partial charge on any atom is -0.476 e. The van der Waals surface area contributed by atoms with Gasteiger partial charge < -0.3 is 9.84 Å². The number of aromatic carboxylic acids is 1. The van der Waals surface area contributed by atoms with Crippen LogP contribution in [0.1, 0.15) is 28.5 Å². The molecule has 0 saturated carbocycles. The minimum atomic E-state index is -0.999. The van der Waals surface area contributed by atoms with Gasteiger partial charge in [-0.05, 0) is 12.5 Å². The van der Waals surface area contributed by atoms with Gasteiger partial charge in [0.15, 0.2) is 5.69 Å². The number of carbonyl (C=O) groups is 1. The Balaban J connectivity index is 2.16. The zero-order chi connectivity index (χ0) is 9.26. The lowest BCUT2D eigenvalue weighted by Crippen LogP contribution is -1.97. The van der Waals surface area contributed by atoms with Crippen molar-refractivity contribution in [3.8, 4) is 0 Å². The van der Waals surface area contributed by atoms with Crippen molar-refractivity contribution in [1.29, 1.82) is 0 Å². The van der Waals surface area contributed by atoms with Crippen LogP contribution in [0.2, 0.25) is 0 Å². The molecule has 0 radical (unpaired) electrons. The first-order valence-corrected chi connectivity index (χ1v) is 4.13. The maximum absolute atomic E-state index is 10.5. The summed E-state index contributed by atoms with van der Waals surface area (Å²) in [6, 6.07) is 1.57. The predicted octanol–water partition coefficient (Wildman–Crippen LogP) is 0.612. The van der Waals surface area contributed by atoms with E-state index in [1.807, 2.05) is 0 Å². The van der Waals surface area contributed by atoms with Crippen LogP contribution in [-0.4, -0.2) is 34.5 Å². The second-order valence-electron chi connectivity index (χ2n) is 3.07. The third-order valence-corrected chi connectivity index (χ3v) is 2.19. The molecule has 1 aromatic heterocycles. The van der Waals surface area contributed by atoms with Crippen molar-refractivity contribution in [2.45, 2.75) is 12.3 Å². The fourth-order valence-electron chi connectivity index (χ4n) is 1.44. The van der Waals surface area contributed by atoms with Crippen LogP contribution in [0.15, 0.2) is 6.07 Å². The molecule has 2 N–H and O–H groups in total. The van der Waals surface area contributed by atoms with Crippen LogP contribution < -0.4 is 0 Å². The Labute approximate surface area is 74.7 Å². The average Bonchev–Trinajstić information content (AvgIpc) is 2.75. The van der Waals surface area contributed by atoms with Gasteiger partial charge in [-0.15, -0.1) is 0 Å². The zero-order valence-electron chi connectivity index (χ0n) is 6.99. The molecule has 1 aliphatic rings. The van der Waals surface area contributed by atoms with E-state index in [1.165, 1.54) is 0 Å². The molecule has 1 aromatic rings. The molecule has 1 unspecified atom stereocenters. The normalized spacial score (nSPS) is 22.0. The van der Waals surface area contributed by atoms with E-state index < -0.39 is 5.97 Å². The summed E-state index contributed by atoms with van der Waals surface area (Å²) >= 11 is 0. The van der Waals surface area contributed by atoms with Crippen LogP contribution in [-0.2, 0) is 4.74 Å². The molecule has 0 amide bonds. The molecule has 5 heteroatoms. The highest BCUT2D eigenvalue weighted by atomic mass is 16.5. The molecule has 0 aromatic carbocycles. The molecule has 0 bridgehead atoms. The number of rotatable bonds is 2. The number of nitrogens with one attached hydrogen (secondary N) is 1. The first kappa shape index (κ1) is 8.25. The van der Waals surface area contributed by atoms with E-state index in [1.54, 1.807) is 6.07 Å². The summed E-state index contributed by atoms with van der Waals surface area (Å²) in [6.45, 7) is 1.40. The molecule has 13 heavy (non-hydrogen) atoms. The Morgan fingerprint density at radius 1 is 1.77 bits per heavy atom. The van der Waals surface area contributed by atoms with E-state index in [0.29, 0.717) is 6.61 Å². The van der Waals surface area contributed by atoms with Gasteiger partial charge in [-0.1, -0.05) is 0 Å². The highest BCUT2D eigenvalue weighted by Crippen LogP contribution is 2.23. The molecular weight excluding hydrogens is 172 g/mol. The Kier molecular flexibility index (Phi) is 2.02. The maximum Gasteiger partial charge on any atom is 0.356 e. The van der Waals surface area contributed by atoms with E-state index >= 15 is 0 Å². The lowest BCUT2D eigenvalue weighted by atomic mass is 10.1. The standard InChI is InChI=1S/C8H10N2O3/c11-8(12)7-3-6(9-10-7)5-1-2-13-4-5/h3,5H,1-2,4H2,(H,9,10)(H,11,12). The SMILES string of the molecule is O=C(O)c1cc(C2CCOC2)[nH]n1. The summed E-state index contributed by atoms with van der Waals surface area (Å²) in [4.78, 5) is 10.5. The maximum atomic E-state index is 10.5. The van der Waals surface area contributed by atoms with Crippen molar-refractivity contribution in [2.75, 3.05) is 13.2 Å². The van der Waals surface area contributed by atoms with E-state index in [2.05, 4.69) is 10.2 Å². The second-order valence-corrected chi connectivity index (χ2v) is 3.07. The highest BCUT2D eigenvalue weighted by Gasteiger charge is 2.20. The van der Waals surface area contributed by atoms with Crippen LogP contribution in [0.4, 0.5) is 0 Å². The number of carboxylic acid groups (broad SMARTS) is 1. The highest BCUT2D eigenvalue weighted by molar-refractivity contribution is 5.85. The van der Waals surface area contributed by atoms with Crippen LogP contribution in [0, 0.1) is 0 Å². The summed E-state index contributed by atoms with van der Waals surface area (Å²) in [6.07, 6.45) is 0.932. The molecule has 5 nitrogen and oxygen atoms in total. The Morgan fingerprint density at radius 2 is 2.62 bits per heavy atom. The number of ether oxygens (including phenoxy) is 1. The van der Waals surface area contributed by atoms with Gasteiger partial charge in [-0.25, -0.2) is 4.79 Å². The number of carboxylic acids is 1. The van der Waals surface area contributed by atoms with E-state index in [0.717, 1.165) is 18.7 Å². The fraction of sp³-hybridized carbons (Fsp3) is 0.500. The predicted molar refractivity (Wildman–Crippen MR) is 43.7 cm³/mol. The lowest BCUT2D eigenvalue weighted by Gasteiger charge is -2.01. The Hall–Kier alpha value is -1.36. The van der Waals surface area contributed by atoms with Gasteiger partial charge in [-0.3, -0.25) is 5.10 Å². The average molecular weight is 182 g/mol. The molecule has 70 valence electrons. The van der Waals surface area contributed by atoms with Crippen molar-refractivity contribution in [2.24, 2.45) is 0 Å². The molecule has 0 spiro atoms. The van der Waals surface area contributed by atoms with E-state index in [-0.39, 0.29) is 11.6 Å². The van der Waals surface area contributed by atoms with Gasteiger partial charge >= 0.3 is 5.97 Å². The van der Waals surface area contributed by atoms with Crippen LogP contribution in [0.3, 0.4) is 0 Å². The van der Waals surface area contributed by atoms with Crippen LogP contribution >= 0.6 is 0 Å². The number of hydrogen-bond acceptors (Lipinski definition) is 3. The van der Waals surface area contributed by atoms with E-state index in [4.69, 9.17) is 9.84 Å². The molecule has 1 saturated heterocycles. The molecule has 1 fully saturated rings. The number of aromatic nitrogens is 2. The van der Waals surface area contributed by atoms with Gasteiger partial charge in [0.05, 0.1) is 6.61 Å². The Morgan fingerprint density at radius 3 is 3.15 bits per heavy atom. The number of hydrogen-bond donors (Lipinski definition) is 2. The van der Waals surface area contributed by atoms with Crippen LogP contribution in [0.5, 0.6) is 0 Å². The summed E-state index contributed by atoms with van der Waals surface area (Å²) in [7, 11) is 0. The van der Waals surface area contributed by atoms with Crippen molar-refractivity contribution < 1.29 is 14.6 Å². The number of nitrogens with zero attached hydrogens (tertiary/aromatic N) is 1. The quantitative estimate of drug-likeness (QED) is 0.702. The van der Waals surface area contributed by atoms with Crippen molar-refractivity contribution >= 4 is 5.97 Å². The molecule has 1 atom stereocenters. The number of H-pyrrole nitrogens is 1. The molecule has 0 aliphatic carbocycles. The monoisotopic (exact) mass is 182 g/mol. The largest absolute Gasteiger partial charge is 0.476 e. The smallest absolute Gasteiger partial charge is 0.356 e. The Bertz CT molecular complexity index is 315. The number of aromatic amines is 1. The van der Waals surface area contributed by atoms with Gasteiger partial charge in [0.25, 0.3) is 0 Å². The molecule has 1 aliphatic heterocycles. The summed E-state index contributed by atoms with van der Waals surface area (Å²) in [5.41, 5.74) is 0.928. The second kappa shape index (κ2) is 3.18. The summed E-state index contributed by atoms with van der Waals surface area (Å²) in [5.74, 6) is -0.720. The van der Waals surface area contributed by atoms with E-state index in [9.17, 15) is 4.79 Å². The van der Waals surface area contributed by atoms with Crippen molar-refractivity contribution in [3.05, 3.63) is 17.5 Å². The third kappa shape index (κ3) is 1.55. The van der Waals surface area contributed by atoms with Crippen molar-refractivity contribution in [1.82, 2.24) is 10.2 Å². The first-order chi connectivity index (χ1) is 6.27. The van der Waals surface area contributed by atoms with Crippen molar-refractivity contribution in [3.63, 3.8) is 0 Å². The summed E-state index contributed by atoms with van der Waals surface area (Å²) < 4.78 is 5.19. The van der Waals surface area contributed by atoms with Crippen LogP contribution in [0.25, 0.3) is 0 Å². The summed E-state index contributed by atoms with van der Waals surface area (Å²) in [5, 5.41) is 15.0. The fourth-order valence-corrected chi connectivity index (χ4v) is 1.44. The molecule has 2 heterocycles. The van der Waals surface area contributed by atoms with Gasteiger partial charge in [0.1, 0.15) is 0 Å². The molecular formula is C8H10N2O3. The molecule has 2 rings (SSSR count).